The number of aromatic nitrogens is 1. The van der Waals surface area contributed by atoms with Gasteiger partial charge >= 0.3 is 6.09 Å². The molecule has 10 nitrogen and oxygen atoms in total. The lowest BCUT2D eigenvalue weighted by atomic mass is 10.0. The second-order valence-corrected chi connectivity index (χ2v) is 9.48. The van der Waals surface area contributed by atoms with Crippen LogP contribution in [0.3, 0.4) is 0 Å². The van der Waals surface area contributed by atoms with Gasteiger partial charge < -0.3 is 25.6 Å². The molecule has 3 aromatic rings. The van der Waals surface area contributed by atoms with E-state index < -0.39 is 17.6 Å². The van der Waals surface area contributed by atoms with E-state index in [2.05, 4.69) is 16.9 Å². The summed E-state index contributed by atoms with van der Waals surface area (Å²) in [6.45, 7) is 8.76. The van der Waals surface area contributed by atoms with E-state index in [0.29, 0.717) is 33.8 Å². The number of pyridine rings is 1. The van der Waals surface area contributed by atoms with Crippen molar-refractivity contribution < 1.29 is 24.2 Å². The van der Waals surface area contributed by atoms with Gasteiger partial charge in [-0.15, -0.1) is 0 Å². The number of nitrogens with one attached hydrogen (secondary N) is 1. The SMILES string of the molecule is C=C(C#N)CN(C(=O)OC(C)(C)C)c1c(OC)ccc2ccc(-c3cc(N)cc(C(=O)NCCO)n3)cc12. The van der Waals surface area contributed by atoms with Gasteiger partial charge in [-0.3, -0.25) is 9.69 Å². The van der Waals surface area contributed by atoms with Crippen molar-refractivity contribution in [2.75, 3.05) is 37.4 Å². The molecule has 0 aliphatic carbocycles. The van der Waals surface area contributed by atoms with E-state index in [4.69, 9.17) is 20.3 Å². The van der Waals surface area contributed by atoms with Gasteiger partial charge in [0.2, 0.25) is 0 Å². The smallest absolute Gasteiger partial charge is 0.415 e. The van der Waals surface area contributed by atoms with Crippen LogP contribution in [0.5, 0.6) is 5.75 Å². The zero-order valence-corrected chi connectivity index (χ0v) is 21.9. The van der Waals surface area contributed by atoms with Crippen molar-refractivity contribution in [3.63, 3.8) is 0 Å². The number of aliphatic hydroxyl groups is 1. The molecule has 1 aromatic heterocycles. The van der Waals surface area contributed by atoms with Gasteiger partial charge in [0.15, 0.2) is 0 Å². The molecule has 0 unspecified atom stereocenters. The van der Waals surface area contributed by atoms with Crippen molar-refractivity contribution in [2.24, 2.45) is 0 Å². The minimum Gasteiger partial charge on any atom is -0.495 e. The Morgan fingerprint density at radius 2 is 1.92 bits per heavy atom. The average Bonchev–Trinajstić information content (AvgIpc) is 2.87. The second kappa shape index (κ2) is 11.6. The molecule has 4 N–H and O–H groups in total. The van der Waals surface area contributed by atoms with Crippen LogP contribution in [0, 0.1) is 11.3 Å². The number of hydrogen-bond donors (Lipinski definition) is 3. The normalized spacial score (nSPS) is 10.9. The van der Waals surface area contributed by atoms with Crippen LogP contribution in [-0.4, -0.2) is 54.5 Å². The summed E-state index contributed by atoms with van der Waals surface area (Å²) in [6, 6.07) is 14.1. The Morgan fingerprint density at radius 1 is 1.21 bits per heavy atom. The fourth-order valence-corrected chi connectivity index (χ4v) is 3.74. The molecule has 0 fully saturated rings. The summed E-state index contributed by atoms with van der Waals surface area (Å²) >= 11 is 0. The van der Waals surface area contributed by atoms with Crippen molar-refractivity contribution >= 4 is 34.1 Å². The molecule has 0 radical (unpaired) electrons. The number of nitrogens with two attached hydrogens (primary N) is 1. The largest absolute Gasteiger partial charge is 0.495 e. The zero-order valence-electron chi connectivity index (χ0n) is 21.9. The number of carbonyl (C=O) groups excluding carboxylic acids is 2. The van der Waals surface area contributed by atoms with E-state index in [1.807, 2.05) is 24.3 Å². The Labute approximate surface area is 221 Å². The topological polar surface area (TPSA) is 151 Å². The molecule has 198 valence electrons. The van der Waals surface area contributed by atoms with Crippen molar-refractivity contribution in [1.29, 1.82) is 5.26 Å². The van der Waals surface area contributed by atoms with Gasteiger partial charge in [-0.1, -0.05) is 24.8 Å². The van der Waals surface area contributed by atoms with Gasteiger partial charge in [0.25, 0.3) is 5.91 Å². The van der Waals surface area contributed by atoms with E-state index in [-0.39, 0.29) is 31.0 Å². The van der Waals surface area contributed by atoms with Crippen LogP contribution in [0.25, 0.3) is 22.0 Å². The summed E-state index contributed by atoms with van der Waals surface area (Å²) in [5, 5.41) is 22.4. The van der Waals surface area contributed by atoms with Crippen LogP contribution in [-0.2, 0) is 4.74 Å². The maximum absolute atomic E-state index is 13.3. The van der Waals surface area contributed by atoms with E-state index in [1.165, 1.54) is 18.1 Å². The molecule has 0 bridgehead atoms. The Kier molecular flexibility index (Phi) is 8.55. The highest BCUT2D eigenvalue weighted by atomic mass is 16.6. The Bertz CT molecular complexity index is 1420. The highest BCUT2D eigenvalue weighted by Gasteiger charge is 2.28. The van der Waals surface area contributed by atoms with Crippen LogP contribution >= 0.6 is 0 Å². The van der Waals surface area contributed by atoms with E-state index >= 15 is 0 Å². The lowest BCUT2D eigenvalue weighted by Gasteiger charge is -2.29. The van der Waals surface area contributed by atoms with Gasteiger partial charge in [-0.05, 0) is 50.4 Å². The summed E-state index contributed by atoms with van der Waals surface area (Å²) < 4.78 is 11.3. The van der Waals surface area contributed by atoms with Crippen LogP contribution in [0.1, 0.15) is 31.3 Å². The quantitative estimate of drug-likeness (QED) is 0.379. The molecule has 10 heteroatoms. The number of hydrogen-bond acceptors (Lipinski definition) is 8. The molecule has 0 saturated heterocycles. The van der Waals surface area contributed by atoms with Gasteiger partial charge in [0, 0.05) is 28.8 Å². The number of carbonyl (C=O) groups is 2. The Hall–Kier alpha value is -4.62. The minimum atomic E-state index is -0.787. The molecule has 38 heavy (non-hydrogen) atoms. The maximum atomic E-state index is 13.3. The summed E-state index contributed by atoms with van der Waals surface area (Å²) in [5.74, 6) is -0.0854. The number of benzene rings is 2. The summed E-state index contributed by atoms with van der Waals surface area (Å²) in [6.07, 6.45) is -0.671. The summed E-state index contributed by atoms with van der Waals surface area (Å²) in [7, 11) is 1.48. The molecule has 1 heterocycles. The van der Waals surface area contributed by atoms with Crippen LogP contribution in [0.4, 0.5) is 16.2 Å². The number of methoxy groups -OCH3 is 1. The molecular formula is C28H31N5O5. The van der Waals surface area contributed by atoms with E-state index in [0.717, 1.165) is 5.39 Å². The van der Waals surface area contributed by atoms with E-state index in [1.54, 1.807) is 39.0 Å². The molecule has 2 amide bonds. The third-order valence-corrected chi connectivity index (χ3v) is 5.34. The summed E-state index contributed by atoms with van der Waals surface area (Å²) in [4.78, 5) is 31.6. The first-order valence-electron chi connectivity index (χ1n) is 11.8. The molecule has 0 aliphatic rings. The number of ether oxygens (including phenoxy) is 2. The monoisotopic (exact) mass is 517 g/mol. The number of nitrogens with zero attached hydrogens (tertiary/aromatic N) is 3. The van der Waals surface area contributed by atoms with Gasteiger partial charge in [0.1, 0.15) is 17.0 Å². The second-order valence-electron chi connectivity index (χ2n) is 9.48. The van der Waals surface area contributed by atoms with Crippen molar-refractivity contribution in [3.8, 4) is 23.1 Å². The molecule has 0 atom stereocenters. The highest BCUT2D eigenvalue weighted by molar-refractivity contribution is 6.06. The Balaban J connectivity index is 2.22. The number of nitrogen functional groups attached to an aromatic ring is 1. The van der Waals surface area contributed by atoms with Crippen molar-refractivity contribution in [3.05, 3.63) is 60.3 Å². The van der Waals surface area contributed by atoms with Gasteiger partial charge in [-0.25, -0.2) is 9.78 Å². The molecule has 0 saturated carbocycles. The molecule has 2 aromatic carbocycles. The molecule has 0 aliphatic heterocycles. The summed E-state index contributed by atoms with van der Waals surface area (Å²) in [5.41, 5.74) is 7.31. The van der Waals surface area contributed by atoms with Gasteiger partial charge in [-0.2, -0.15) is 5.26 Å². The standard InChI is InChI=1S/C28H31N5O5/c1-17(15-29)16-33(27(36)38-28(2,3)4)25-21-12-19(7-6-18(21)8-9-24(25)37-5)22-13-20(30)14-23(32-22)26(35)31-10-11-34/h6-9,12-14,34H,1,10-11,16H2,2-5H3,(H2,30,32)(H,31,35). The lowest BCUT2D eigenvalue weighted by Crippen LogP contribution is -2.38. The fraction of sp³-hybridized carbons (Fsp3) is 0.286. The molecular weight excluding hydrogens is 486 g/mol. The van der Waals surface area contributed by atoms with Crippen LogP contribution in [0.2, 0.25) is 0 Å². The highest BCUT2D eigenvalue weighted by Crippen LogP contribution is 2.39. The predicted octanol–water partition coefficient (Wildman–Crippen LogP) is 4.04. The van der Waals surface area contributed by atoms with E-state index in [9.17, 15) is 14.9 Å². The number of amides is 2. The number of rotatable bonds is 8. The zero-order chi connectivity index (χ0) is 28.0. The average molecular weight is 518 g/mol. The van der Waals surface area contributed by atoms with Gasteiger partial charge in [0.05, 0.1) is 37.7 Å². The first-order chi connectivity index (χ1) is 18.0. The number of aliphatic hydroxyl groups excluding tert-OH is 1. The number of anilines is 2. The third-order valence-electron chi connectivity index (χ3n) is 5.34. The maximum Gasteiger partial charge on any atom is 0.415 e. The third kappa shape index (κ3) is 6.57. The first-order valence-corrected chi connectivity index (χ1v) is 11.8. The Morgan fingerprint density at radius 3 is 2.55 bits per heavy atom. The molecule has 3 rings (SSSR count). The van der Waals surface area contributed by atoms with Crippen LogP contribution in [0.15, 0.2) is 54.6 Å². The number of nitriles is 1. The number of fused-ring (bicyclic) bond motifs is 1. The lowest BCUT2D eigenvalue weighted by molar-refractivity contribution is 0.0583. The molecule has 0 spiro atoms. The predicted molar refractivity (Wildman–Crippen MR) is 146 cm³/mol. The van der Waals surface area contributed by atoms with Crippen molar-refractivity contribution in [1.82, 2.24) is 10.3 Å². The minimum absolute atomic E-state index is 0.0816. The fourth-order valence-electron chi connectivity index (χ4n) is 3.74. The van der Waals surface area contributed by atoms with Crippen molar-refractivity contribution in [2.45, 2.75) is 26.4 Å². The first kappa shape index (κ1) is 28.0. The van der Waals surface area contributed by atoms with Crippen LogP contribution < -0.4 is 20.7 Å².